The van der Waals surface area contributed by atoms with Crippen LogP contribution in [0.25, 0.3) is 0 Å². The second kappa shape index (κ2) is 6.59. The molecule has 0 bridgehead atoms. The van der Waals surface area contributed by atoms with Gasteiger partial charge in [-0.15, -0.1) is 0 Å². The summed E-state index contributed by atoms with van der Waals surface area (Å²) in [5.41, 5.74) is 1.39. The summed E-state index contributed by atoms with van der Waals surface area (Å²) in [5.74, 6) is 2.00. The van der Waals surface area contributed by atoms with Gasteiger partial charge in [-0.05, 0) is 43.4 Å². The van der Waals surface area contributed by atoms with Crippen LogP contribution in [0, 0.1) is 5.92 Å². The topological polar surface area (TPSA) is 15.7 Å². The van der Waals surface area contributed by atoms with Crippen LogP contribution < -0.4 is 4.74 Å². The van der Waals surface area contributed by atoms with Gasteiger partial charge in [-0.1, -0.05) is 12.1 Å². The van der Waals surface area contributed by atoms with E-state index in [0.29, 0.717) is 0 Å². The highest BCUT2D eigenvalue weighted by Crippen LogP contribution is 2.30. The third kappa shape index (κ3) is 3.97. The molecule has 1 aromatic carbocycles. The molecular formula is C17H26N2O. The Morgan fingerprint density at radius 2 is 1.65 bits per heavy atom. The van der Waals surface area contributed by atoms with Crippen molar-refractivity contribution in [3.8, 4) is 5.75 Å². The van der Waals surface area contributed by atoms with Crippen LogP contribution in [-0.4, -0.2) is 49.1 Å². The minimum atomic E-state index is 0.738. The number of piperazine rings is 1. The van der Waals surface area contributed by atoms with Gasteiger partial charge in [0.15, 0.2) is 0 Å². The molecule has 2 fully saturated rings. The first kappa shape index (κ1) is 13.9. The van der Waals surface area contributed by atoms with Crippen LogP contribution in [0.3, 0.4) is 0 Å². The zero-order valence-electron chi connectivity index (χ0n) is 12.6. The van der Waals surface area contributed by atoms with Crippen molar-refractivity contribution in [3.63, 3.8) is 0 Å². The average molecular weight is 274 g/mol. The Morgan fingerprint density at radius 3 is 2.25 bits per heavy atom. The summed E-state index contributed by atoms with van der Waals surface area (Å²) in [7, 11) is 0. The number of benzene rings is 1. The monoisotopic (exact) mass is 274 g/mol. The normalized spacial score (nSPS) is 21.1. The molecule has 0 aromatic heterocycles. The van der Waals surface area contributed by atoms with Gasteiger partial charge < -0.3 is 9.64 Å². The van der Waals surface area contributed by atoms with E-state index in [1.807, 2.05) is 6.92 Å². The van der Waals surface area contributed by atoms with Crippen molar-refractivity contribution >= 4 is 0 Å². The van der Waals surface area contributed by atoms with Crippen molar-refractivity contribution < 1.29 is 4.74 Å². The van der Waals surface area contributed by atoms with Crippen LogP contribution in [0.5, 0.6) is 5.75 Å². The number of ether oxygens (including phenoxy) is 1. The lowest BCUT2D eigenvalue weighted by Gasteiger charge is -2.34. The van der Waals surface area contributed by atoms with E-state index in [1.54, 1.807) is 0 Å². The van der Waals surface area contributed by atoms with E-state index < -0.39 is 0 Å². The van der Waals surface area contributed by atoms with Gasteiger partial charge in [-0.3, -0.25) is 4.90 Å². The Morgan fingerprint density at radius 1 is 1.00 bits per heavy atom. The lowest BCUT2D eigenvalue weighted by atomic mass is 10.2. The van der Waals surface area contributed by atoms with Gasteiger partial charge in [0, 0.05) is 39.3 Å². The van der Waals surface area contributed by atoms with Crippen LogP contribution in [0.15, 0.2) is 24.3 Å². The Labute approximate surface area is 122 Å². The molecule has 1 saturated heterocycles. The molecule has 0 spiro atoms. The lowest BCUT2D eigenvalue weighted by molar-refractivity contribution is 0.123. The smallest absolute Gasteiger partial charge is 0.119 e. The lowest BCUT2D eigenvalue weighted by Crippen LogP contribution is -2.46. The van der Waals surface area contributed by atoms with Crippen LogP contribution >= 0.6 is 0 Å². The van der Waals surface area contributed by atoms with Crippen LogP contribution in [-0.2, 0) is 6.54 Å². The highest BCUT2D eigenvalue weighted by atomic mass is 16.5. The molecule has 2 aliphatic rings. The minimum absolute atomic E-state index is 0.738. The maximum Gasteiger partial charge on any atom is 0.119 e. The minimum Gasteiger partial charge on any atom is -0.494 e. The molecule has 20 heavy (non-hydrogen) atoms. The number of nitrogens with zero attached hydrogens (tertiary/aromatic N) is 2. The van der Waals surface area contributed by atoms with E-state index in [1.165, 1.54) is 51.1 Å². The summed E-state index contributed by atoms with van der Waals surface area (Å²) in [5, 5.41) is 0. The molecule has 0 unspecified atom stereocenters. The second-order valence-corrected chi connectivity index (χ2v) is 6.10. The molecule has 3 heteroatoms. The highest BCUT2D eigenvalue weighted by molar-refractivity contribution is 5.27. The molecule has 1 aliphatic heterocycles. The summed E-state index contributed by atoms with van der Waals surface area (Å²) in [6.45, 7) is 10.1. The Balaban J connectivity index is 1.43. The largest absolute Gasteiger partial charge is 0.494 e. The molecule has 0 radical (unpaired) electrons. The summed E-state index contributed by atoms with van der Waals surface area (Å²) >= 11 is 0. The maximum absolute atomic E-state index is 5.49. The van der Waals surface area contributed by atoms with Gasteiger partial charge >= 0.3 is 0 Å². The van der Waals surface area contributed by atoms with Crippen molar-refractivity contribution in [1.29, 1.82) is 0 Å². The standard InChI is InChI=1S/C17H26N2O/c1-2-20-17-7-5-16(6-8-17)14-19-11-9-18(10-12-19)13-15-3-4-15/h5-8,15H,2-4,9-14H2,1H3. The van der Waals surface area contributed by atoms with E-state index in [4.69, 9.17) is 4.74 Å². The molecule has 0 N–H and O–H groups in total. The fourth-order valence-electron chi connectivity index (χ4n) is 2.91. The van der Waals surface area contributed by atoms with E-state index >= 15 is 0 Å². The van der Waals surface area contributed by atoms with Gasteiger partial charge in [0.25, 0.3) is 0 Å². The molecular weight excluding hydrogens is 248 g/mol. The van der Waals surface area contributed by atoms with Crippen LogP contribution in [0.4, 0.5) is 0 Å². The van der Waals surface area contributed by atoms with Crippen molar-refractivity contribution in [2.45, 2.75) is 26.3 Å². The quantitative estimate of drug-likeness (QED) is 0.793. The predicted molar refractivity (Wildman–Crippen MR) is 82.1 cm³/mol. The summed E-state index contributed by atoms with van der Waals surface area (Å²) < 4.78 is 5.49. The molecule has 1 aliphatic carbocycles. The third-order valence-corrected chi connectivity index (χ3v) is 4.32. The van der Waals surface area contributed by atoms with Gasteiger partial charge in [-0.2, -0.15) is 0 Å². The first-order valence-electron chi connectivity index (χ1n) is 8.00. The fraction of sp³-hybridized carbons (Fsp3) is 0.647. The van der Waals surface area contributed by atoms with Crippen molar-refractivity contribution in [2.24, 2.45) is 5.92 Å². The highest BCUT2D eigenvalue weighted by Gasteiger charge is 2.26. The zero-order valence-corrected chi connectivity index (χ0v) is 12.6. The van der Waals surface area contributed by atoms with E-state index in [-0.39, 0.29) is 0 Å². The molecule has 1 heterocycles. The maximum atomic E-state index is 5.49. The number of rotatable bonds is 6. The Hall–Kier alpha value is -1.06. The number of hydrogen-bond acceptors (Lipinski definition) is 3. The van der Waals surface area contributed by atoms with Crippen LogP contribution in [0.2, 0.25) is 0 Å². The van der Waals surface area contributed by atoms with E-state index in [2.05, 4.69) is 34.1 Å². The average Bonchev–Trinajstić information content (AvgIpc) is 3.28. The van der Waals surface area contributed by atoms with Crippen molar-refractivity contribution in [3.05, 3.63) is 29.8 Å². The summed E-state index contributed by atoms with van der Waals surface area (Å²) in [6, 6.07) is 8.56. The molecule has 1 saturated carbocycles. The SMILES string of the molecule is CCOc1ccc(CN2CCN(CC3CC3)CC2)cc1. The molecule has 0 atom stereocenters. The van der Waals surface area contributed by atoms with Crippen molar-refractivity contribution in [1.82, 2.24) is 9.80 Å². The Bertz CT molecular complexity index is 406. The summed E-state index contributed by atoms with van der Waals surface area (Å²) in [4.78, 5) is 5.21. The first-order chi connectivity index (χ1) is 9.83. The molecule has 110 valence electrons. The number of hydrogen-bond donors (Lipinski definition) is 0. The van der Waals surface area contributed by atoms with Crippen molar-refractivity contribution in [2.75, 3.05) is 39.3 Å². The van der Waals surface area contributed by atoms with E-state index in [0.717, 1.165) is 24.8 Å². The third-order valence-electron chi connectivity index (χ3n) is 4.32. The first-order valence-corrected chi connectivity index (χ1v) is 8.00. The predicted octanol–water partition coefficient (Wildman–Crippen LogP) is 2.61. The van der Waals surface area contributed by atoms with Gasteiger partial charge in [-0.25, -0.2) is 0 Å². The van der Waals surface area contributed by atoms with Gasteiger partial charge in [0.05, 0.1) is 6.61 Å². The van der Waals surface area contributed by atoms with Crippen LogP contribution in [0.1, 0.15) is 25.3 Å². The molecule has 1 aromatic rings. The second-order valence-electron chi connectivity index (χ2n) is 6.10. The molecule has 0 amide bonds. The van der Waals surface area contributed by atoms with Gasteiger partial charge in [0.2, 0.25) is 0 Å². The van der Waals surface area contributed by atoms with Gasteiger partial charge in [0.1, 0.15) is 5.75 Å². The van der Waals surface area contributed by atoms with E-state index in [9.17, 15) is 0 Å². The molecule has 3 rings (SSSR count). The molecule has 3 nitrogen and oxygen atoms in total. The zero-order chi connectivity index (χ0) is 13.8. The summed E-state index contributed by atoms with van der Waals surface area (Å²) in [6.07, 6.45) is 2.93. The fourth-order valence-corrected chi connectivity index (χ4v) is 2.91. The Kier molecular flexibility index (Phi) is 4.58.